The molecular formula is C21H32O2. The summed E-state index contributed by atoms with van der Waals surface area (Å²) in [6.45, 7) is 14.6. The van der Waals surface area contributed by atoms with E-state index in [4.69, 9.17) is 4.74 Å². The van der Waals surface area contributed by atoms with Crippen LogP contribution in [0.4, 0.5) is 0 Å². The lowest BCUT2D eigenvalue weighted by Gasteiger charge is -2.21. The van der Waals surface area contributed by atoms with Crippen LogP contribution in [0.2, 0.25) is 0 Å². The van der Waals surface area contributed by atoms with Gasteiger partial charge in [-0.3, -0.25) is 4.79 Å². The molecule has 1 aliphatic heterocycles. The highest BCUT2D eigenvalue weighted by Crippen LogP contribution is 2.23. The van der Waals surface area contributed by atoms with Crippen LogP contribution in [0, 0.1) is 23.7 Å². The predicted octanol–water partition coefficient (Wildman–Crippen LogP) is 5.46. The maximum Gasteiger partial charge on any atom is 0.309 e. The number of esters is 1. The summed E-state index contributed by atoms with van der Waals surface area (Å²) in [5, 5.41) is 0. The molecule has 2 heteroatoms. The Bertz CT molecular complexity index is 542. The highest BCUT2D eigenvalue weighted by molar-refractivity contribution is 5.73. The molecule has 0 bridgehead atoms. The molecule has 0 spiro atoms. The van der Waals surface area contributed by atoms with Crippen LogP contribution in [0.5, 0.6) is 0 Å². The molecule has 23 heavy (non-hydrogen) atoms. The number of ether oxygens (including phenoxy) is 1. The first kappa shape index (κ1) is 19.6. The Kier molecular flexibility index (Phi) is 7.62. The summed E-state index contributed by atoms with van der Waals surface area (Å²) in [6, 6.07) is 0. The molecule has 5 atom stereocenters. The van der Waals surface area contributed by atoms with Gasteiger partial charge in [-0.1, -0.05) is 34.6 Å². The second-order valence-corrected chi connectivity index (χ2v) is 7.11. The minimum atomic E-state index is -0.180. The molecular weight excluding hydrogens is 284 g/mol. The van der Waals surface area contributed by atoms with Gasteiger partial charge in [0.1, 0.15) is 6.10 Å². The molecule has 2 nitrogen and oxygen atoms in total. The number of hydrogen-bond donors (Lipinski definition) is 0. The molecule has 1 rings (SSSR count). The van der Waals surface area contributed by atoms with Gasteiger partial charge >= 0.3 is 5.97 Å². The Morgan fingerprint density at radius 1 is 1.09 bits per heavy atom. The lowest BCUT2D eigenvalue weighted by molar-refractivity contribution is -0.153. The summed E-state index contributed by atoms with van der Waals surface area (Å²) < 4.78 is 5.72. The Labute approximate surface area is 142 Å². The third-order valence-electron chi connectivity index (χ3n) is 4.96. The van der Waals surface area contributed by atoms with Gasteiger partial charge in [0.2, 0.25) is 0 Å². The Morgan fingerprint density at radius 3 is 2.30 bits per heavy atom. The Morgan fingerprint density at radius 2 is 1.70 bits per heavy atom. The standard InChI is InChI=1S/C21H32O2/c1-8-20-17(5)12-11-15(3)18(6)13-14(2)9-10-16(4)19(7)21(22)23-20/h10-11,15-16,18-20H,8,13H2,1-7H3. The molecule has 0 saturated carbocycles. The molecule has 0 aromatic carbocycles. The largest absolute Gasteiger partial charge is 0.457 e. The molecule has 0 fully saturated rings. The molecule has 0 amide bonds. The van der Waals surface area contributed by atoms with Crippen molar-refractivity contribution in [2.45, 2.75) is 67.4 Å². The quantitative estimate of drug-likeness (QED) is 0.474. The van der Waals surface area contributed by atoms with E-state index in [-0.39, 0.29) is 23.9 Å². The van der Waals surface area contributed by atoms with E-state index in [0.29, 0.717) is 11.8 Å². The minimum absolute atomic E-state index is 0.116. The fourth-order valence-electron chi connectivity index (χ4n) is 2.61. The second-order valence-electron chi connectivity index (χ2n) is 7.11. The number of hydrogen-bond acceptors (Lipinski definition) is 2. The van der Waals surface area contributed by atoms with E-state index in [1.165, 1.54) is 5.57 Å². The number of allylic oxidation sites excluding steroid dienone is 1. The Hall–Kier alpha value is -1.49. The topological polar surface area (TPSA) is 26.3 Å². The third-order valence-corrected chi connectivity index (χ3v) is 4.96. The summed E-state index contributed by atoms with van der Waals surface area (Å²) in [6.07, 6.45) is 5.74. The van der Waals surface area contributed by atoms with Crippen molar-refractivity contribution < 1.29 is 9.53 Å². The van der Waals surface area contributed by atoms with Crippen LogP contribution < -0.4 is 0 Å². The van der Waals surface area contributed by atoms with Crippen LogP contribution in [-0.2, 0) is 9.53 Å². The molecule has 0 saturated heterocycles. The van der Waals surface area contributed by atoms with Crippen LogP contribution in [0.25, 0.3) is 0 Å². The highest BCUT2D eigenvalue weighted by atomic mass is 16.5. The smallest absolute Gasteiger partial charge is 0.309 e. The average Bonchev–Trinajstić information content (AvgIpc) is 2.52. The number of cyclic esters (lactones) is 1. The molecule has 0 aliphatic carbocycles. The molecule has 128 valence electrons. The number of rotatable bonds is 1. The molecule has 0 radical (unpaired) electrons. The van der Waals surface area contributed by atoms with E-state index in [9.17, 15) is 4.79 Å². The van der Waals surface area contributed by atoms with Gasteiger partial charge in [-0.05, 0) is 62.2 Å². The fraction of sp³-hybridized carbons (Fsp3) is 0.667. The predicted molar refractivity (Wildman–Crippen MR) is 96.0 cm³/mol. The number of carbonyl (C=O) groups excluding carboxylic acids is 1. The molecule has 0 N–H and O–H groups in total. The van der Waals surface area contributed by atoms with Crippen molar-refractivity contribution in [3.05, 3.63) is 34.8 Å². The maximum atomic E-state index is 12.4. The second kappa shape index (κ2) is 8.96. The van der Waals surface area contributed by atoms with Crippen LogP contribution in [0.1, 0.15) is 61.3 Å². The zero-order valence-electron chi connectivity index (χ0n) is 15.8. The van der Waals surface area contributed by atoms with Gasteiger partial charge in [-0.2, -0.15) is 0 Å². The van der Waals surface area contributed by atoms with E-state index >= 15 is 0 Å². The molecule has 0 aromatic rings. The van der Waals surface area contributed by atoms with Crippen molar-refractivity contribution in [2.75, 3.05) is 0 Å². The van der Waals surface area contributed by atoms with Crippen LogP contribution >= 0.6 is 0 Å². The van der Waals surface area contributed by atoms with Crippen molar-refractivity contribution >= 4 is 5.97 Å². The molecule has 1 heterocycles. The van der Waals surface area contributed by atoms with Crippen molar-refractivity contribution in [1.29, 1.82) is 0 Å². The van der Waals surface area contributed by atoms with Crippen LogP contribution in [-0.4, -0.2) is 12.1 Å². The Balaban J connectivity index is 3.22. The van der Waals surface area contributed by atoms with Gasteiger partial charge in [0, 0.05) is 5.57 Å². The molecule has 5 unspecified atom stereocenters. The van der Waals surface area contributed by atoms with Gasteiger partial charge in [0.05, 0.1) is 5.92 Å². The summed E-state index contributed by atoms with van der Waals surface area (Å²) >= 11 is 0. The van der Waals surface area contributed by atoms with Gasteiger partial charge in [-0.15, -0.1) is 11.5 Å². The zero-order chi connectivity index (χ0) is 17.6. The lowest BCUT2D eigenvalue weighted by atomic mass is 9.89. The van der Waals surface area contributed by atoms with Crippen molar-refractivity contribution in [2.24, 2.45) is 23.7 Å². The maximum absolute atomic E-state index is 12.4. The van der Waals surface area contributed by atoms with Crippen molar-refractivity contribution in [3.8, 4) is 0 Å². The monoisotopic (exact) mass is 316 g/mol. The normalized spacial score (nSPS) is 33.5. The SMILES string of the molecule is CCC1OC(=O)C(C)C(C)C=C=C(C)CC(C)C(C)C=C=C1C. The molecule has 1 aliphatic rings. The van der Waals surface area contributed by atoms with Crippen LogP contribution in [0.15, 0.2) is 34.8 Å². The van der Waals surface area contributed by atoms with Gasteiger partial charge in [-0.25, -0.2) is 0 Å². The molecule has 0 aromatic heterocycles. The minimum Gasteiger partial charge on any atom is -0.457 e. The summed E-state index contributed by atoms with van der Waals surface area (Å²) in [7, 11) is 0. The van der Waals surface area contributed by atoms with Crippen molar-refractivity contribution in [1.82, 2.24) is 0 Å². The lowest BCUT2D eigenvalue weighted by Crippen LogP contribution is -2.26. The summed E-state index contributed by atoms with van der Waals surface area (Å²) in [5.41, 5.74) is 8.95. The van der Waals surface area contributed by atoms with E-state index in [1.54, 1.807) is 0 Å². The first-order chi connectivity index (χ1) is 10.8. The zero-order valence-corrected chi connectivity index (χ0v) is 15.8. The number of carbonyl (C=O) groups is 1. The van der Waals surface area contributed by atoms with Gasteiger partial charge in [0.15, 0.2) is 0 Å². The fourth-order valence-corrected chi connectivity index (χ4v) is 2.61. The summed E-state index contributed by atoms with van der Waals surface area (Å²) in [5.74, 6) is 0.772. The summed E-state index contributed by atoms with van der Waals surface area (Å²) in [4.78, 5) is 12.4. The van der Waals surface area contributed by atoms with Gasteiger partial charge in [0.25, 0.3) is 0 Å². The van der Waals surface area contributed by atoms with E-state index in [2.05, 4.69) is 38.3 Å². The average molecular weight is 316 g/mol. The first-order valence-corrected chi connectivity index (χ1v) is 8.82. The van der Waals surface area contributed by atoms with E-state index in [0.717, 1.165) is 18.4 Å². The van der Waals surface area contributed by atoms with Crippen LogP contribution in [0.3, 0.4) is 0 Å². The van der Waals surface area contributed by atoms with E-state index < -0.39 is 0 Å². The van der Waals surface area contributed by atoms with E-state index in [1.807, 2.05) is 33.8 Å². The third kappa shape index (κ3) is 5.90. The van der Waals surface area contributed by atoms with Crippen molar-refractivity contribution in [3.63, 3.8) is 0 Å². The first-order valence-electron chi connectivity index (χ1n) is 8.82. The highest BCUT2D eigenvalue weighted by Gasteiger charge is 2.23. The van der Waals surface area contributed by atoms with Gasteiger partial charge < -0.3 is 4.74 Å².